The molecular formula is C17H19ClN5O2S+. The summed E-state index contributed by atoms with van der Waals surface area (Å²) in [6, 6.07) is 8.43. The summed E-state index contributed by atoms with van der Waals surface area (Å²) in [5, 5.41) is 8.55. The zero-order valence-electron chi connectivity index (χ0n) is 14.5. The van der Waals surface area contributed by atoms with Crippen molar-refractivity contribution in [3.8, 4) is 0 Å². The summed E-state index contributed by atoms with van der Waals surface area (Å²) in [5.41, 5.74) is 1.15. The van der Waals surface area contributed by atoms with E-state index in [1.54, 1.807) is 24.3 Å². The molecule has 0 aliphatic carbocycles. The Kier molecular flexibility index (Phi) is 5.65. The molecule has 9 heteroatoms. The predicted molar refractivity (Wildman–Crippen MR) is 102 cm³/mol. The van der Waals surface area contributed by atoms with Crippen molar-refractivity contribution in [3.63, 3.8) is 0 Å². The van der Waals surface area contributed by atoms with E-state index in [0.29, 0.717) is 27.9 Å². The number of carbonyl (C=O) groups excluding carboxylic acids is 1. The van der Waals surface area contributed by atoms with Gasteiger partial charge in [-0.2, -0.15) is 9.61 Å². The van der Waals surface area contributed by atoms with Crippen LogP contribution in [0.15, 0.2) is 35.1 Å². The molecule has 1 atom stereocenters. The molecule has 1 amide bonds. The third kappa shape index (κ3) is 4.46. The summed E-state index contributed by atoms with van der Waals surface area (Å²) in [5.74, 6) is -0.117. The molecule has 0 aliphatic heterocycles. The molecule has 1 unspecified atom stereocenters. The molecule has 0 spiro atoms. The summed E-state index contributed by atoms with van der Waals surface area (Å²) in [6.07, 6.45) is 0.763. The number of anilines is 1. The van der Waals surface area contributed by atoms with Crippen molar-refractivity contribution >= 4 is 39.5 Å². The minimum atomic E-state index is -0.195. The maximum Gasteiger partial charge on any atom is 0.279 e. The van der Waals surface area contributed by atoms with Gasteiger partial charge in [-0.05, 0) is 30.7 Å². The van der Waals surface area contributed by atoms with Gasteiger partial charge in [0.2, 0.25) is 4.96 Å². The Bertz CT molecular complexity index is 983. The first-order valence-electron chi connectivity index (χ1n) is 8.20. The Balaban J connectivity index is 1.64. The smallest absolute Gasteiger partial charge is 0.279 e. The van der Waals surface area contributed by atoms with Crippen molar-refractivity contribution in [2.24, 2.45) is 0 Å². The highest BCUT2D eigenvalue weighted by Crippen LogP contribution is 2.13. The number of hydrogen-bond acceptors (Lipinski definition) is 5. The van der Waals surface area contributed by atoms with Crippen LogP contribution in [0.25, 0.3) is 4.96 Å². The highest BCUT2D eigenvalue weighted by Gasteiger charge is 2.14. The zero-order chi connectivity index (χ0) is 18.7. The molecule has 136 valence electrons. The lowest BCUT2D eigenvalue weighted by atomic mass is 10.3. The van der Waals surface area contributed by atoms with Crippen molar-refractivity contribution in [1.29, 1.82) is 0 Å². The fourth-order valence-corrected chi connectivity index (χ4v) is 3.50. The standard InChI is InChI=1S/C17H18ClN5O2S/c1-3-15-21-23-16(25)8-13(20-17(23)26-15)9-22(2)10-14(24)19-12-6-4-11(18)5-7-12/h4-8H,3,9-10H2,1-2H3,(H,19,24)/p+1. The molecule has 3 aromatic rings. The van der Waals surface area contributed by atoms with Crippen LogP contribution in [0.4, 0.5) is 5.69 Å². The number of fused-ring (bicyclic) bond motifs is 1. The number of carbonyl (C=O) groups is 1. The highest BCUT2D eigenvalue weighted by atomic mass is 35.5. The second kappa shape index (κ2) is 7.94. The van der Waals surface area contributed by atoms with Crippen LogP contribution in [-0.2, 0) is 17.8 Å². The number of amides is 1. The van der Waals surface area contributed by atoms with Crippen molar-refractivity contribution in [2.75, 3.05) is 18.9 Å². The molecule has 3 rings (SSSR count). The maximum absolute atomic E-state index is 12.2. The molecule has 2 heterocycles. The third-order valence-electron chi connectivity index (χ3n) is 3.72. The van der Waals surface area contributed by atoms with Gasteiger partial charge in [0.05, 0.1) is 7.05 Å². The second-order valence-electron chi connectivity index (χ2n) is 6.00. The number of halogens is 1. The average Bonchev–Trinajstić information content (AvgIpc) is 3.00. The fraction of sp³-hybridized carbons (Fsp3) is 0.294. The molecule has 2 aromatic heterocycles. The molecular weight excluding hydrogens is 374 g/mol. The molecule has 26 heavy (non-hydrogen) atoms. The van der Waals surface area contributed by atoms with E-state index in [1.807, 2.05) is 14.0 Å². The molecule has 2 N–H and O–H groups in total. The summed E-state index contributed by atoms with van der Waals surface area (Å²) in [4.78, 5) is 30.3. The first-order valence-corrected chi connectivity index (χ1v) is 9.39. The highest BCUT2D eigenvalue weighted by molar-refractivity contribution is 7.16. The predicted octanol–water partition coefficient (Wildman–Crippen LogP) is 1.02. The van der Waals surface area contributed by atoms with E-state index in [2.05, 4.69) is 15.4 Å². The minimum absolute atomic E-state index is 0.117. The van der Waals surface area contributed by atoms with E-state index >= 15 is 0 Å². The van der Waals surface area contributed by atoms with E-state index in [1.165, 1.54) is 21.9 Å². The number of nitrogens with one attached hydrogen (secondary N) is 2. The Morgan fingerprint density at radius 1 is 1.35 bits per heavy atom. The first kappa shape index (κ1) is 18.5. The van der Waals surface area contributed by atoms with E-state index in [-0.39, 0.29) is 18.0 Å². The van der Waals surface area contributed by atoms with Gasteiger partial charge in [-0.1, -0.05) is 29.9 Å². The van der Waals surface area contributed by atoms with Crippen molar-refractivity contribution < 1.29 is 9.69 Å². The SMILES string of the molecule is CCc1nn2c(=O)cc(C[NH+](C)CC(=O)Nc3ccc(Cl)cc3)nc2s1. The van der Waals surface area contributed by atoms with Crippen LogP contribution in [0.1, 0.15) is 17.6 Å². The number of nitrogens with zero attached hydrogens (tertiary/aromatic N) is 3. The van der Waals surface area contributed by atoms with Crippen LogP contribution >= 0.6 is 22.9 Å². The molecule has 7 nitrogen and oxygen atoms in total. The van der Waals surface area contributed by atoms with Gasteiger partial charge in [0.25, 0.3) is 11.5 Å². The Morgan fingerprint density at radius 3 is 2.77 bits per heavy atom. The van der Waals surface area contributed by atoms with Crippen molar-refractivity contribution in [2.45, 2.75) is 19.9 Å². The summed E-state index contributed by atoms with van der Waals surface area (Å²) >= 11 is 7.24. The Labute approximate surface area is 159 Å². The minimum Gasteiger partial charge on any atom is -0.325 e. The van der Waals surface area contributed by atoms with Gasteiger partial charge in [-0.15, -0.1) is 0 Å². The van der Waals surface area contributed by atoms with Crippen LogP contribution < -0.4 is 15.8 Å². The van der Waals surface area contributed by atoms with E-state index in [0.717, 1.165) is 16.3 Å². The zero-order valence-corrected chi connectivity index (χ0v) is 16.0. The van der Waals surface area contributed by atoms with E-state index in [4.69, 9.17) is 11.6 Å². The van der Waals surface area contributed by atoms with Crippen molar-refractivity contribution in [1.82, 2.24) is 14.6 Å². The van der Waals surface area contributed by atoms with Crippen LogP contribution in [0.2, 0.25) is 5.02 Å². The quantitative estimate of drug-likeness (QED) is 0.656. The monoisotopic (exact) mass is 392 g/mol. The summed E-state index contributed by atoms with van der Waals surface area (Å²) < 4.78 is 1.33. The van der Waals surface area contributed by atoms with Gasteiger partial charge in [-0.3, -0.25) is 9.59 Å². The van der Waals surface area contributed by atoms with Gasteiger partial charge in [0.1, 0.15) is 17.2 Å². The Morgan fingerprint density at radius 2 is 2.08 bits per heavy atom. The lowest BCUT2D eigenvalue weighted by molar-refractivity contribution is -0.885. The number of rotatable bonds is 6. The van der Waals surface area contributed by atoms with E-state index < -0.39 is 0 Å². The second-order valence-corrected chi connectivity index (χ2v) is 7.47. The molecule has 0 radical (unpaired) electrons. The molecule has 0 saturated heterocycles. The molecule has 0 bridgehead atoms. The fourth-order valence-electron chi connectivity index (χ4n) is 2.51. The average molecular weight is 393 g/mol. The number of aryl methyl sites for hydroxylation is 1. The van der Waals surface area contributed by atoms with Crippen LogP contribution in [0, 0.1) is 0 Å². The summed E-state index contributed by atoms with van der Waals surface area (Å²) in [6.45, 7) is 2.71. The van der Waals surface area contributed by atoms with Crippen molar-refractivity contribution in [3.05, 3.63) is 56.4 Å². The normalized spacial score (nSPS) is 12.3. The lowest BCUT2D eigenvalue weighted by Gasteiger charge is -2.13. The van der Waals surface area contributed by atoms with Crippen LogP contribution in [0.3, 0.4) is 0 Å². The number of aromatic nitrogens is 3. The number of benzene rings is 1. The van der Waals surface area contributed by atoms with Gasteiger partial charge in [0, 0.05) is 16.8 Å². The summed E-state index contributed by atoms with van der Waals surface area (Å²) in [7, 11) is 1.88. The number of hydrogen-bond donors (Lipinski definition) is 2. The maximum atomic E-state index is 12.2. The number of quaternary nitrogens is 1. The number of likely N-dealkylation sites (N-methyl/N-ethyl adjacent to an activating group) is 1. The lowest BCUT2D eigenvalue weighted by Crippen LogP contribution is -3.08. The Hall–Kier alpha value is -2.29. The van der Waals surface area contributed by atoms with Gasteiger partial charge in [0.15, 0.2) is 6.54 Å². The first-order chi connectivity index (χ1) is 12.4. The van der Waals surface area contributed by atoms with Crippen LogP contribution in [0.5, 0.6) is 0 Å². The van der Waals surface area contributed by atoms with Gasteiger partial charge < -0.3 is 10.2 Å². The van der Waals surface area contributed by atoms with E-state index in [9.17, 15) is 9.59 Å². The molecule has 1 aromatic carbocycles. The largest absolute Gasteiger partial charge is 0.325 e. The van der Waals surface area contributed by atoms with Gasteiger partial charge in [-0.25, -0.2) is 4.98 Å². The molecule has 0 saturated carbocycles. The molecule has 0 aliphatic rings. The molecule has 0 fully saturated rings. The van der Waals surface area contributed by atoms with Gasteiger partial charge >= 0.3 is 0 Å². The third-order valence-corrected chi connectivity index (χ3v) is 5.02. The van der Waals surface area contributed by atoms with Crippen LogP contribution in [-0.4, -0.2) is 34.1 Å². The topological polar surface area (TPSA) is 80.8 Å².